The second-order valence-corrected chi connectivity index (χ2v) is 5.21. The predicted molar refractivity (Wildman–Crippen MR) is 82.4 cm³/mol. The van der Waals surface area contributed by atoms with Gasteiger partial charge in [-0.2, -0.15) is 5.10 Å². The highest BCUT2D eigenvalue weighted by atomic mass is 15.3. The molecule has 0 aliphatic rings. The lowest BCUT2D eigenvalue weighted by Gasteiger charge is -2.06. The average Bonchev–Trinajstić information content (AvgIpc) is 2.71. The summed E-state index contributed by atoms with van der Waals surface area (Å²) in [5.41, 5.74) is 4.88. The molecule has 4 heteroatoms. The smallest absolute Gasteiger partial charge is 0.153 e. The van der Waals surface area contributed by atoms with Crippen LogP contribution in [0.1, 0.15) is 35.9 Å². The molecule has 0 atom stereocenters. The van der Waals surface area contributed by atoms with E-state index in [0.717, 1.165) is 37.4 Å². The highest BCUT2D eigenvalue weighted by Crippen LogP contribution is 2.18. The molecule has 2 aromatic heterocycles. The summed E-state index contributed by atoms with van der Waals surface area (Å²) in [7, 11) is 0. The number of aryl methyl sites for hydroxylation is 2. The van der Waals surface area contributed by atoms with Gasteiger partial charge < -0.3 is 5.32 Å². The van der Waals surface area contributed by atoms with E-state index in [9.17, 15) is 0 Å². The molecule has 0 aliphatic heterocycles. The first-order chi connectivity index (χ1) is 9.63. The van der Waals surface area contributed by atoms with Gasteiger partial charge in [-0.05, 0) is 70.0 Å². The minimum absolute atomic E-state index is 0.906. The number of pyridine rings is 1. The van der Waals surface area contributed by atoms with Crippen molar-refractivity contribution in [2.75, 3.05) is 13.1 Å². The predicted octanol–water partition coefficient (Wildman–Crippen LogP) is 2.73. The fourth-order valence-electron chi connectivity index (χ4n) is 2.46. The third-order valence-corrected chi connectivity index (χ3v) is 3.59. The van der Waals surface area contributed by atoms with Crippen LogP contribution in [0.3, 0.4) is 0 Å². The van der Waals surface area contributed by atoms with Crippen molar-refractivity contribution in [3.8, 4) is 5.82 Å². The molecule has 2 aromatic rings. The Morgan fingerprint density at radius 3 is 2.75 bits per heavy atom. The van der Waals surface area contributed by atoms with Crippen LogP contribution in [0.5, 0.6) is 0 Å². The van der Waals surface area contributed by atoms with E-state index in [1.54, 1.807) is 0 Å². The third kappa shape index (κ3) is 3.25. The molecule has 0 saturated heterocycles. The number of hydrogen-bond acceptors (Lipinski definition) is 3. The maximum atomic E-state index is 4.65. The summed E-state index contributed by atoms with van der Waals surface area (Å²) in [5, 5.41) is 8.02. The Kier molecular flexibility index (Phi) is 4.90. The number of aromatic nitrogens is 3. The summed E-state index contributed by atoms with van der Waals surface area (Å²) >= 11 is 0. The number of hydrogen-bond donors (Lipinski definition) is 1. The topological polar surface area (TPSA) is 42.7 Å². The maximum absolute atomic E-state index is 4.65. The van der Waals surface area contributed by atoms with Gasteiger partial charge in [0.05, 0.1) is 5.69 Å². The number of rotatable bonds is 6. The molecular formula is C16H24N4. The summed E-state index contributed by atoms with van der Waals surface area (Å²) in [5.74, 6) is 0.906. The zero-order valence-corrected chi connectivity index (χ0v) is 12.9. The van der Waals surface area contributed by atoms with Gasteiger partial charge in [-0.25, -0.2) is 9.67 Å². The molecule has 0 aliphatic carbocycles. The van der Waals surface area contributed by atoms with Gasteiger partial charge in [0.2, 0.25) is 0 Å². The third-order valence-electron chi connectivity index (χ3n) is 3.59. The van der Waals surface area contributed by atoms with Crippen LogP contribution < -0.4 is 5.32 Å². The van der Waals surface area contributed by atoms with Crippen LogP contribution in [-0.2, 0) is 6.42 Å². The zero-order valence-electron chi connectivity index (χ0n) is 12.9. The summed E-state index contributed by atoms with van der Waals surface area (Å²) in [6.07, 6.45) is 4.05. The average molecular weight is 272 g/mol. The second-order valence-electron chi connectivity index (χ2n) is 5.21. The van der Waals surface area contributed by atoms with Gasteiger partial charge in [0, 0.05) is 11.9 Å². The maximum Gasteiger partial charge on any atom is 0.153 e. The van der Waals surface area contributed by atoms with Crippen LogP contribution in [0.25, 0.3) is 5.82 Å². The van der Waals surface area contributed by atoms with E-state index in [4.69, 9.17) is 0 Å². The molecule has 0 bridgehead atoms. The largest absolute Gasteiger partial charge is 0.317 e. The molecule has 0 aromatic carbocycles. The minimum atomic E-state index is 0.906. The highest BCUT2D eigenvalue weighted by molar-refractivity contribution is 5.34. The Morgan fingerprint density at radius 1 is 1.25 bits per heavy atom. The second kappa shape index (κ2) is 6.66. The van der Waals surface area contributed by atoms with Gasteiger partial charge in [-0.3, -0.25) is 0 Å². The first-order valence-corrected chi connectivity index (χ1v) is 7.32. The fourth-order valence-corrected chi connectivity index (χ4v) is 2.46. The van der Waals surface area contributed by atoms with Crippen LogP contribution in [0, 0.1) is 20.8 Å². The summed E-state index contributed by atoms with van der Waals surface area (Å²) in [4.78, 5) is 4.42. The summed E-state index contributed by atoms with van der Waals surface area (Å²) in [6, 6.07) is 4.08. The van der Waals surface area contributed by atoms with E-state index in [1.165, 1.54) is 16.8 Å². The van der Waals surface area contributed by atoms with Gasteiger partial charge in [0.1, 0.15) is 0 Å². The lowest BCUT2D eigenvalue weighted by atomic mass is 10.1. The van der Waals surface area contributed by atoms with E-state index in [2.05, 4.69) is 49.2 Å². The summed E-state index contributed by atoms with van der Waals surface area (Å²) < 4.78 is 1.96. The molecule has 4 nitrogen and oxygen atoms in total. The van der Waals surface area contributed by atoms with Gasteiger partial charge in [0.25, 0.3) is 0 Å². The van der Waals surface area contributed by atoms with Crippen molar-refractivity contribution in [1.82, 2.24) is 20.1 Å². The molecule has 1 N–H and O–H groups in total. The Morgan fingerprint density at radius 2 is 2.05 bits per heavy atom. The van der Waals surface area contributed by atoms with Crippen LogP contribution >= 0.6 is 0 Å². The molecule has 2 heterocycles. The normalized spacial score (nSPS) is 11.0. The Labute approximate surface area is 121 Å². The molecule has 0 saturated carbocycles. The monoisotopic (exact) mass is 272 g/mol. The highest BCUT2D eigenvalue weighted by Gasteiger charge is 2.13. The standard InChI is InChI=1S/C16H24N4/c1-5-17-9-6-7-15-13(3)19-20(14(15)4)16-11-12(2)8-10-18-16/h8,10-11,17H,5-7,9H2,1-4H3. The lowest BCUT2D eigenvalue weighted by molar-refractivity contribution is 0.670. The van der Waals surface area contributed by atoms with Gasteiger partial charge in [-0.1, -0.05) is 6.92 Å². The first kappa shape index (κ1) is 14.7. The van der Waals surface area contributed by atoms with Gasteiger partial charge in [-0.15, -0.1) is 0 Å². The first-order valence-electron chi connectivity index (χ1n) is 7.32. The van der Waals surface area contributed by atoms with Crippen molar-refractivity contribution >= 4 is 0 Å². The zero-order chi connectivity index (χ0) is 14.5. The number of nitrogens with zero attached hydrogens (tertiary/aromatic N) is 3. The molecule has 20 heavy (non-hydrogen) atoms. The van der Waals surface area contributed by atoms with Crippen LogP contribution in [0.2, 0.25) is 0 Å². The molecule has 2 rings (SSSR count). The summed E-state index contributed by atoms with van der Waals surface area (Å²) in [6.45, 7) is 10.5. The van der Waals surface area contributed by atoms with E-state index in [-0.39, 0.29) is 0 Å². The Balaban J connectivity index is 2.20. The Bertz CT molecular complexity index is 572. The molecule has 108 valence electrons. The van der Waals surface area contributed by atoms with Gasteiger partial charge >= 0.3 is 0 Å². The molecule has 0 fully saturated rings. The van der Waals surface area contributed by atoms with E-state index in [1.807, 2.05) is 16.9 Å². The van der Waals surface area contributed by atoms with E-state index in [0.29, 0.717) is 0 Å². The van der Waals surface area contributed by atoms with Crippen molar-refractivity contribution in [2.24, 2.45) is 0 Å². The molecule has 0 radical (unpaired) electrons. The van der Waals surface area contributed by atoms with Crippen molar-refractivity contribution in [3.63, 3.8) is 0 Å². The number of nitrogens with one attached hydrogen (secondary N) is 1. The van der Waals surface area contributed by atoms with Crippen LogP contribution in [0.4, 0.5) is 0 Å². The van der Waals surface area contributed by atoms with Crippen molar-refractivity contribution in [1.29, 1.82) is 0 Å². The van der Waals surface area contributed by atoms with Crippen LogP contribution in [0.15, 0.2) is 18.3 Å². The van der Waals surface area contributed by atoms with Crippen LogP contribution in [-0.4, -0.2) is 27.9 Å². The van der Waals surface area contributed by atoms with Gasteiger partial charge in [0.15, 0.2) is 5.82 Å². The molecular weight excluding hydrogens is 248 g/mol. The van der Waals surface area contributed by atoms with Crippen molar-refractivity contribution in [2.45, 2.75) is 40.5 Å². The molecule has 0 unspecified atom stereocenters. The fraction of sp³-hybridized carbons (Fsp3) is 0.500. The molecule has 0 spiro atoms. The van der Waals surface area contributed by atoms with E-state index >= 15 is 0 Å². The van der Waals surface area contributed by atoms with Crippen molar-refractivity contribution < 1.29 is 0 Å². The van der Waals surface area contributed by atoms with E-state index < -0.39 is 0 Å². The molecule has 0 amide bonds. The lowest BCUT2D eigenvalue weighted by Crippen LogP contribution is -2.14. The SMILES string of the molecule is CCNCCCc1c(C)nn(-c2cc(C)ccn2)c1C. The van der Waals surface area contributed by atoms with Crippen molar-refractivity contribution in [3.05, 3.63) is 40.8 Å². The Hall–Kier alpha value is -1.68. The quantitative estimate of drug-likeness (QED) is 0.822. The minimum Gasteiger partial charge on any atom is -0.317 e.